The molecule has 2 saturated heterocycles. The summed E-state index contributed by atoms with van der Waals surface area (Å²) in [5, 5.41) is 11.6. The van der Waals surface area contributed by atoms with Crippen LogP contribution < -0.4 is 17.0 Å². The number of phosphoric ester groups is 1. The Hall–Kier alpha value is -3.01. The summed E-state index contributed by atoms with van der Waals surface area (Å²) in [6, 6.07) is -0.754. The molecule has 2 bridgehead atoms. The average Bonchev–Trinajstić information content (AvgIpc) is 3.30. The van der Waals surface area contributed by atoms with Gasteiger partial charge in [0, 0.05) is 12.5 Å². The number of anilines is 2. The fraction of sp³-hybridized carbons (Fsp3) is 0.565. The summed E-state index contributed by atoms with van der Waals surface area (Å²) in [5.41, 5.74) is 10.6. The maximum absolute atomic E-state index is 13.9. The van der Waals surface area contributed by atoms with Crippen LogP contribution in [0.3, 0.4) is 0 Å². The van der Waals surface area contributed by atoms with E-state index in [0.717, 1.165) is 0 Å². The zero-order valence-corrected chi connectivity index (χ0v) is 26.9. The molecule has 0 amide bonds. The van der Waals surface area contributed by atoms with Gasteiger partial charge >= 0.3 is 14.6 Å². The van der Waals surface area contributed by atoms with Crippen molar-refractivity contribution in [2.75, 3.05) is 31.8 Å². The number of methoxy groups -OCH3 is 1. The van der Waals surface area contributed by atoms with Crippen LogP contribution in [0.1, 0.15) is 18.7 Å². The predicted molar refractivity (Wildman–Crippen MR) is 161 cm³/mol. The Morgan fingerprint density at radius 3 is 2.66 bits per heavy atom. The monoisotopic (exact) mass is 714 g/mol. The second-order valence-corrected chi connectivity index (χ2v) is 16.0. The number of aliphatic hydroxyl groups excluding tert-OH is 1. The van der Waals surface area contributed by atoms with Crippen molar-refractivity contribution in [3.8, 4) is 0 Å². The van der Waals surface area contributed by atoms with Gasteiger partial charge in [-0.05, 0) is 12.3 Å². The van der Waals surface area contributed by atoms with Crippen molar-refractivity contribution in [2.45, 2.75) is 49.2 Å². The first kappa shape index (κ1) is 31.3. The maximum atomic E-state index is 13.9. The lowest BCUT2D eigenvalue weighted by atomic mass is 10.0. The average molecular weight is 715 g/mol. The molecule has 252 valence electrons. The van der Waals surface area contributed by atoms with E-state index in [1.807, 2.05) is 0 Å². The van der Waals surface area contributed by atoms with Crippen LogP contribution in [-0.2, 0) is 36.7 Å². The molecule has 0 radical (unpaired) electrons. The van der Waals surface area contributed by atoms with Crippen LogP contribution >= 0.6 is 26.9 Å². The second-order valence-electron chi connectivity index (χ2n) is 11.8. The van der Waals surface area contributed by atoms with Crippen LogP contribution in [0.5, 0.6) is 0 Å². The molecule has 2 aliphatic carbocycles. The largest absolute Gasteiger partial charge is 0.472 e. The van der Waals surface area contributed by atoms with Gasteiger partial charge in [0.1, 0.15) is 42.4 Å². The number of nitrogen functional groups attached to an aromatic ring is 2. The molecule has 4 aliphatic rings. The molecule has 8 rings (SSSR count). The number of imidazole rings is 2. The number of aromatic amines is 1. The Morgan fingerprint density at radius 2 is 1.87 bits per heavy atom. The number of nitrogens with two attached hydrogens (primary N) is 2. The zero-order valence-electron chi connectivity index (χ0n) is 24.2. The van der Waals surface area contributed by atoms with Crippen molar-refractivity contribution < 1.29 is 46.7 Å². The van der Waals surface area contributed by atoms with Gasteiger partial charge in [0.05, 0.1) is 31.9 Å². The highest BCUT2D eigenvalue weighted by atomic mass is 32.7. The molecule has 6 heterocycles. The summed E-state index contributed by atoms with van der Waals surface area (Å²) >= 11 is 4.25. The smallest absolute Gasteiger partial charge is 0.388 e. The number of H-pyrrole nitrogens is 1. The highest BCUT2D eigenvalue weighted by Gasteiger charge is 2.74. The standard InChI is InChI=1S/C23H28N10O11P2S/c1-39-14-9-3-40-45(36,37)44-16-13(34)12(32-6-28-10-17(24)26-5-27-18(10)32)8-2-23(8,16)4-41-46(38,47)43-15(14)21(42-9)33-7-29-11-19(33)30-22(25)31-20(11)35/h5-9,12-16,21,34H,2-4H2,1H3,(H,36,37)(H,38,47)(H2,24,26,27)(H3,25,30,31,35)/t8-,9-,12-,13+,14-,15-,16+,21-,23?,46-/m1/s1. The number of nitrogens with zero attached hydrogens (tertiary/aromatic N) is 7. The molecule has 2 aliphatic heterocycles. The second kappa shape index (κ2) is 10.7. The quantitative estimate of drug-likeness (QED) is 0.119. The van der Waals surface area contributed by atoms with Gasteiger partial charge in [0.15, 0.2) is 28.9 Å². The van der Waals surface area contributed by atoms with E-state index in [4.69, 9.17) is 39.0 Å². The maximum Gasteiger partial charge on any atom is 0.472 e. The van der Waals surface area contributed by atoms with Crippen molar-refractivity contribution in [1.29, 1.82) is 0 Å². The molecule has 4 aromatic rings. The van der Waals surface area contributed by atoms with Crippen molar-refractivity contribution >= 4 is 61.0 Å². The number of aromatic nitrogens is 8. The highest BCUT2D eigenvalue weighted by Crippen LogP contribution is 2.72. The number of fused-ring (bicyclic) bond motifs is 4. The van der Waals surface area contributed by atoms with E-state index in [1.165, 1.54) is 30.7 Å². The zero-order chi connectivity index (χ0) is 33.0. The van der Waals surface area contributed by atoms with E-state index in [-0.39, 0.29) is 29.5 Å². The molecular formula is C23H28N10O11P2S. The number of thiol groups is 1. The fourth-order valence-corrected chi connectivity index (χ4v) is 9.59. The Morgan fingerprint density at radius 1 is 1.11 bits per heavy atom. The van der Waals surface area contributed by atoms with Crippen molar-refractivity contribution in [1.82, 2.24) is 39.0 Å². The van der Waals surface area contributed by atoms with E-state index in [2.05, 4.69) is 42.2 Å². The molecule has 2 saturated carbocycles. The Kier molecular flexibility index (Phi) is 7.15. The fourth-order valence-electron chi connectivity index (χ4n) is 7.08. The number of hydrogen-bond acceptors (Lipinski definition) is 17. The normalized spacial score (nSPS) is 40.4. The van der Waals surface area contributed by atoms with Gasteiger partial charge in [-0.1, -0.05) is 12.2 Å². The van der Waals surface area contributed by atoms with Gasteiger partial charge in [0.25, 0.3) is 5.56 Å². The molecular weight excluding hydrogens is 686 g/mol. The molecule has 4 aromatic heterocycles. The summed E-state index contributed by atoms with van der Waals surface area (Å²) in [6.07, 6.45) is -3.14. The molecule has 11 atom stereocenters. The topological polar surface area (TPSA) is 289 Å². The third-order valence-corrected chi connectivity index (χ3v) is 11.8. The Balaban J connectivity index is 1.15. The molecule has 0 aromatic carbocycles. The van der Waals surface area contributed by atoms with Crippen LogP contribution in [0.4, 0.5) is 11.8 Å². The Labute approximate surface area is 268 Å². The lowest BCUT2D eigenvalue weighted by Gasteiger charge is -2.30. The third kappa shape index (κ3) is 4.93. The summed E-state index contributed by atoms with van der Waals surface area (Å²) in [7, 11) is -3.60. The third-order valence-electron chi connectivity index (χ3n) is 9.21. The summed E-state index contributed by atoms with van der Waals surface area (Å²) < 4.78 is 64.8. The lowest BCUT2D eigenvalue weighted by molar-refractivity contribution is -0.0657. The van der Waals surface area contributed by atoms with Crippen LogP contribution in [0.2, 0.25) is 0 Å². The van der Waals surface area contributed by atoms with Crippen molar-refractivity contribution in [2.24, 2.45) is 11.3 Å². The molecule has 21 nitrogen and oxygen atoms in total. The lowest BCUT2D eigenvalue weighted by Crippen LogP contribution is -2.38. The van der Waals surface area contributed by atoms with E-state index in [0.29, 0.717) is 17.6 Å². The number of phosphoric acid groups is 1. The summed E-state index contributed by atoms with van der Waals surface area (Å²) in [6.45, 7) is -5.22. The first-order valence-electron chi connectivity index (χ1n) is 14.2. The Bertz CT molecular complexity index is 2060. The van der Waals surface area contributed by atoms with E-state index < -0.39 is 80.9 Å². The number of ether oxygens (including phenoxy) is 2. The first-order valence-corrected chi connectivity index (χ1v) is 18.3. The summed E-state index contributed by atoms with van der Waals surface area (Å²) in [5.74, 6) is -0.480. The number of hydrogen-bond donors (Lipinski definition) is 6. The van der Waals surface area contributed by atoms with Crippen molar-refractivity contribution in [3.63, 3.8) is 0 Å². The molecule has 24 heteroatoms. The number of nitrogens with one attached hydrogen (secondary N) is 1. The van der Waals surface area contributed by atoms with Crippen LogP contribution in [0.15, 0.2) is 23.8 Å². The molecule has 7 N–H and O–H groups in total. The van der Waals surface area contributed by atoms with Gasteiger partial charge in [-0.25, -0.2) is 29.1 Å². The molecule has 47 heavy (non-hydrogen) atoms. The van der Waals surface area contributed by atoms with E-state index in [1.54, 1.807) is 4.57 Å². The van der Waals surface area contributed by atoms with Gasteiger partial charge in [0.2, 0.25) is 5.95 Å². The minimum Gasteiger partial charge on any atom is -0.388 e. The number of aliphatic hydroxyl groups is 1. The number of rotatable bonds is 3. The minimum absolute atomic E-state index is 0.0149. The first-order chi connectivity index (χ1) is 22.3. The summed E-state index contributed by atoms with van der Waals surface area (Å²) in [4.78, 5) is 46.4. The van der Waals surface area contributed by atoms with Crippen LogP contribution in [0.25, 0.3) is 22.3 Å². The highest BCUT2D eigenvalue weighted by molar-refractivity contribution is 8.44. The van der Waals surface area contributed by atoms with E-state index in [9.17, 15) is 23.9 Å². The van der Waals surface area contributed by atoms with Crippen LogP contribution in [0, 0.1) is 11.3 Å². The minimum atomic E-state index is -4.91. The molecule has 4 fully saturated rings. The van der Waals surface area contributed by atoms with E-state index >= 15 is 0 Å². The van der Waals surface area contributed by atoms with Gasteiger partial charge in [-0.3, -0.25) is 27.9 Å². The van der Waals surface area contributed by atoms with Crippen LogP contribution in [-0.4, -0.2) is 99.9 Å². The predicted octanol–water partition coefficient (Wildman–Crippen LogP) is -0.0863. The van der Waals surface area contributed by atoms with Gasteiger partial charge in [-0.2, -0.15) is 4.98 Å². The SMILES string of the molecule is CO[C@H]1[C@H]2O[P@](=O)(S)OCC34C[C@@H]3[C@@H](n3cnc5c(N)ncnc53)[C@H](O)[C@@H]4OP(=O)(O)OC[C@H]1O[C@H]2n1cnc2c(=O)[nH]c(N)nc21. The molecule has 1 spiro atoms. The van der Waals surface area contributed by atoms with Gasteiger partial charge in [-0.15, -0.1) is 0 Å². The van der Waals surface area contributed by atoms with Crippen molar-refractivity contribution in [3.05, 3.63) is 29.3 Å². The van der Waals surface area contributed by atoms with Gasteiger partial charge < -0.3 is 40.0 Å². The molecule has 2 unspecified atom stereocenters.